The SMILES string of the molecule is CC1CCC(N(C(=O)C2CCN(c3nc4ccccc4o3)CC2)C2CC2)CC1. The van der Waals surface area contributed by atoms with E-state index in [1.54, 1.807) is 0 Å². The van der Waals surface area contributed by atoms with Crippen LogP contribution in [0.1, 0.15) is 58.3 Å². The number of rotatable bonds is 4. The van der Waals surface area contributed by atoms with E-state index < -0.39 is 0 Å². The van der Waals surface area contributed by atoms with Gasteiger partial charge in [-0.3, -0.25) is 4.79 Å². The second kappa shape index (κ2) is 7.41. The zero-order valence-electron chi connectivity index (χ0n) is 16.8. The van der Waals surface area contributed by atoms with Crippen LogP contribution in [0.15, 0.2) is 28.7 Å². The van der Waals surface area contributed by atoms with Gasteiger partial charge in [-0.15, -0.1) is 0 Å². The number of para-hydroxylation sites is 2. The molecule has 0 N–H and O–H groups in total. The van der Waals surface area contributed by atoms with Crippen molar-refractivity contribution in [1.29, 1.82) is 0 Å². The Morgan fingerprint density at radius 1 is 1.00 bits per heavy atom. The maximum absolute atomic E-state index is 13.4. The van der Waals surface area contributed by atoms with E-state index in [1.165, 1.54) is 38.5 Å². The highest BCUT2D eigenvalue weighted by Crippen LogP contribution is 2.37. The molecular weight excluding hydrogens is 350 g/mol. The van der Waals surface area contributed by atoms with Crippen molar-refractivity contribution >= 4 is 23.0 Å². The summed E-state index contributed by atoms with van der Waals surface area (Å²) in [7, 11) is 0. The number of hydrogen-bond acceptors (Lipinski definition) is 4. The molecule has 3 aliphatic rings. The lowest BCUT2D eigenvalue weighted by molar-refractivity contribution is -0.140. The van der Waals surface area contributed by atoms with E-state index in [2.05, 4.69) is 21.7 Å². The van der Waals surface area contributed by atoms with E-state index in [1.807, 2.05) is 24.3 Å². The van der Waals surface area contributed by atoms with Crippen molar-refractivity contribution in [2.45, 2.75) is 70.4 Å². The molecule has 1 saturated heterocycles. The standard InChI is InChI=1S/C23H31N3O2/c1-16-6-8-18(9-7-16)26(19-10-11-19)22(27)17-12-14-25(15-13-17)23-24-20-4-2-3-5-21(20)28-23/h2-5,16-19H,6-15H2,1H3. The summed E-state index contributed by atoms with van der Waals surface area (Å²) in [5.74, 6) is 1.42. The lowest BCUT2D eigenvalue weighted by atomic mass is 9.85. The van der Waals surface area contributed by atoms with Gasteiger partial charge in [0.05, 0.1) is 0 Å². The number of anilines is 1. The van der Waals surface area contributed by atoms with Gasteiger partial charge in [0.2, 0.25) is 5.91 Å². The summed E-state index contributed by atoms with van der Waals surface area (Å²) >= 11 is 0. The van der Waals surface area contributed by atoms with Crippen LogP contribution in [0, 0.1) is 11.8 Å². The number of benzene rings is 1. The van der Waals surface area contributed by atoms with Crippen LogP contribution < -0.4 is 4.90 Å². The summed E-state index contributed by atoms with van der Waals surface area (Å²) in [4.78, 5) is 22.6. The molecule has 0 atom stereocenters. The van der Waals surface area contributed by atoms with Crippen LogP contribution in [0.2, 0.25) is 0 Å². The maximum atomic E-state index is 13.4. The fourth-order valence-electron chi connectivity index (χ4n) is 5.06. The van der Waals surface area contributed by atoms with E-state index in [0.717, 1.165) is 42.9 Å². The van der Waals surface area contributed by atoms with Gasteiger partial charge in [0, 0.05) is 31.1 Å². The molecule has 0 spiro atoms. The highest BCUT2D eigenvalue weighted by molar-refractivity contribution is 5.80. The van der Waals surface area contributed by atoms with Crippen molar-refractivity contribution in [3.8, 4) is 0 Å². The van der Waals surface area contributed by atoms with Crippen LogP contribution in [0.3, 0.4) is 0 Å². The molecule has 1 aromatic carbocycles. The van der Waals surface area contributed by atoms with Crippen LogP contribution in [0.4, 0.5) is 6.01 Å². The van der Waals surface area contributed by atoms with Crippen molar-refractivity contribution in [2.24, 2.45) is 11.8 Å². The number of carbonyl (C=O) groups excluding carboxylic acids is 1. The normalized spacial score (nSPS) is 26.5. The number of aromatic nitrogens is 1. The molecular formula is C23H31N3O2. The first kappa shape index (κ1) is 18.0. The molecule has 1 aromatic heterocycles. The van der Waals surface area contributed by atoms with Crippen LogP contribution >= 0.6 is 0 Å². The maximum Gasteiger partial charge on any atom is 0.298 e. The Morgan fingerprint density at radius 3 is 2.29 bits per heavy atom. The van der Waals surface area contributed by atoms with Gasteiger partial charge in [-0.25, -0.2) is 0 Å². The summed E-state index contributed by atoms with van der Waals surface area (Å²) in [6.07, 6.45) is 9.18. The Hall–Kier alpha value is -2.04. The second-order valence-electron chi connectivity index (χ2n) is 9.12. The van der Waals surface area contributed by atoms with Gasteiger partial charge in [0.25, 0.3) is 6.01 Å². The van der Waals surface area contributed by atoms with Gasteiger partial charge < -0.3 is 14.2 Å². The number of amides is 1. The molecule has 2 aliphatic carbocycles. The van der Waals surface area contributed by atoms with Crippen molar-refractivity contribution in [3.63, 3.8) is 0 Å². The number of carbonyl (C=O) groups is 1. The van der Waals surface area contributed by atoms with Gasteiger partial charge in [0.15, 0.2) is 5.58 Å². The molecule has 5 heteroatoms. The number of piperidine rings is 1. The summed E-state index contributed by atoms with van der Waals surface area (Å²) in [6, 6.07) is 9.62. The Morgan fingerprint density at radius 2 is 1.64 bits per heavy atom. The number of nitrogens with zero attached hydrogens (tertiary/aromatic N) is 3. The summed E-state index contributed by atoms with van der Waals surface area (Å²) in [6.45, 7) is 4.05. The molecule has 0 radical (unpaired) electrons. The van der Waals surface area contributed by atoms with Gasteiger partial charge in [-0.2, -0.15) is 4.98 Å². The van der Waals surface area contributed by atoms with Gasteiger partial charge in [0.1, 0.15) is 5.52 Å². The Labute approximate surface area is 167 Å². The Balaban J connectivity index is 1.23. The molecule has 3 fully saturated rings. The monoisotopic (exact) mass is 381 g/mol. The Kier molecular flexibility index (Phi) is 4.77. The minimum Gasteiger partial charge on any atom is -0.423 e. The average Bonchev–Trinajstić information content (AvgIpc) is 3.46. The molecule has 1 aliphatic heterocycles. The molecule has 5 nitrogen and oxygen atoms in total. The summed E-state index contributed by atoms with van der Waals surface area (Å²) in [5.41, 5.74) is 1.74. The van der Waals surface area contributed by atoms with Crippen molar-refractivity contribution in [3.05, 3.63) is 24.3 Å². The highest BCUT2D eigenvalue weighted by Gasteiger charge is 2.41. The molecule has 5 rings (SSSR count). The molecule has 1 amide bonds. The summed E-state index contributed by atoms with van der Waals surface area (Å²) in [5, 5.41) is 0. The molecule has 2 aromatic rings. The van der Waals surface area contributed by atoms with Crippen LogP contribution in [-0.2, 0) is 4.79 Å². The van der Waals surface area contributed by atoms with Crippen molar-refractivity contribution < 1.29 is 9.21 Å². The zero-order chi connectivity index (χ0) is 19.1. The number of hydrogen-bond donors (Lipinski definition) is 0. The molecule has 150 valence electrons. The third-order valence-electron chi connectivity index (χ3n) is 6.97. The minimum absolute atomic E-state index is 0.167. The van der Waals surface area contributed by atoms with E-state index in [4.69, 9.17) is 4.42 Å². The second-order valence-corrected chi connectivity index (χ2v) is 9.12. The van der Waals surface area contributed by atoms with Gasteiger partial charge >= 0.3 is 0 Å². The predicted molar refractivity (Wildman–Crippen MR) is 110 cm³/mol. The molecule has 2 heterocycles. The van der Waals surface area contributed by atoms with E-state index in [-0.39, 0.29) is 5.92 Å². The largest absolute Gasteiger partial charge is 0.423 e. The van der Waals surface area contributed by atoms with E-state index in [9.17, 15) is 4.79 Å². The third-order valence-corrected chi connectivity index (χ3v) is 6.97. The average molecular weight is 382 g/mol. The number of oxazole rings is 1. The first-order valence-electron chi connectivity index (χ1n) is 11.1. The van der Waals surface area contributed by atoms with E-state index in [0.29, 0.717) is 24.0 Å². The van der Waals surface area contributed by atoms with Crippen LogP contribution in [0.5, 0.6) is 0 Å². The lowest BCUT2D eigenvalue weighted by Crippen LogP contribution is -2.49. The van der Waals surface area contributed by atoms with Crippen molar-refractivity contribution in [1.82, 2.24) is 9.88 Å². The van der Waals surface area contributed by atoms with Crippen LogP contribution in [0.25, 0.3) is 11.1 Å². The molecule has 0 unspecified atom stereocenters. The van der Waals surface area contributed by atoms with Crippen LogP contribution in [-0.4, -0.2) is 41.0 Å². The van der Waals surface area contributed by atoms with Gasteiger partial charge in [-0.1, -0.05) is 19.1 Å². The quantitative estimate of drug-likeness (QED) is 0.776. The smallest absolute Gasteiger partial charge is 0.298 e. The Bertz CT molecular complexity index is 794. The minimum atomic E-state index is 0.167. The molecule has 0 bridgehead atoms. The van der Waals surface area contributed by atoms with E-state index >= 15 is 0 Å². The molecule has 2 saturated carbocycles. The highest BCUT2D eigenvalue weighted by atomic mass is 16.4. The first-order chi connectivity index (χ1) is 13.7. The first-order valence-corrected chi connectivity index (χ1v) is 11.1. The molecule has 28 heavy (non-hydrogen) atoms. The van der Waals surface area contributed by atoms with Gasteiger partial charge in [-0.05, 0) is 69.4 Å². The fraction of sp³-hybridized carbons (Fsp3) is 0.652. The lowest BCUT2D eigenvalue weighted by Gasteiger charge is -2.40. The van der Waals surface area contributed by atoms with Crippen molar-refractivity contribution in [2.75, 3.05) is 18.0 Å². The predicted octanol–water partition coefficient (Wildman–Crippen LogP) is 4.61. The zero-order valence-corrected chi connectivity index (χ0v) is 16.8. The fourth-order valence-corrected chi connectivity index (χ4v) is 5.06. The number of fused-ring (bicyclic) bond motifs is 1. The summed E-state index contributed by atoms with van der Waals surface area (Å²) < 4.78 is 5.92. The third kappa shape index (κ3) is 3.51. The topological polar surface area (TPSA) is 49.6 Å².